The average Bonchev–Trinajstić information content (AvgIpc) is 2.84. The maximum atomic E-state index is 12.0. The summed E-state index contributed by atoms with van der Waals surface area (Å²) in [4.78, 5) is 12.0. The molecule has 0 amide bonds. The lowest BCUT2D eigenvalue weighted by Crippen LogP contribution is -2.10. The molecule has 3 nitrogen and oxygen atoms in total. The molecule has 0 fully saturated rings. The van der Waals surface area contributed by atoms with Gasteiger partial charge >= 0.3 is 5.97 Å². The van der Waals surface area contributed by atoms with Crippen LogP contribution in [-0.2, 0) is 9.53 Å². The highest BCUT2D eigenvalue weighted by atomic mass is 16.5. The molecule has 23 heavy (non-hydrogen) atoms. The molecule has 0 aromatic heterocycles. The first-order chi connectivity index (χ1) is 11.0. The molecule has 1 atom stereocenters. The van der Waals surface area contributed by atoms with E-state index < -0.39 is 0 Å². The Hall–Kier alpha value is -1.61. The summed E-state index contributed by atoms with van der Waals surface area (Å²) in [6, 6.07) is 0. The molecular formula is C20H28O3. The SMILES string of the molecule is CC1=CC=C(C(C)C)CCC2=CC(CC(CO)=CCC1)OC2=O. The lowest BCUT2D eigenvalue weighted by molar-refractivity contribution is -0.139. The molecule has 1 heterocycles. The van der Waals surface area contributed by atoms with E-state index in [9.17, 15) is 9.90 Å². The van der Waals surface area contributed by atoms with Gasteiger partial charge in [0.2, 0.25) is 0 Å². The summed E-state index contributed by atoms with van der Waals surface area (Å²) in [5.41, 5.74) is 4.42. The van der Waals surface area contributed by atoms with Gasteiger partial charge in [0.05, 0.1) is 6.61 Å². The second-order valence-electron chi connectivity index (χ2n) is 6.81. The molecule has 2 aliphatic rings. The molecule has 0 saturated heterocycles. The minimum absolute atomic E-state index is 0.0252. The summed E-state index contributed by atoms with van der Waals surface area (Å²) in [6.07, 6.45) is 12.3. The highest BCUT2D eigenvalue weighted by Crippen LogP contribution is 2.27. The number of aliphatic hydroxyl groups is 1. The number of carbonyl (C=O) groups is 1. The van der Waals surface area contributed by atoms with Crippen LogP contribution in [-0.4, -0.2) is 23.8 Å². The smallest absolute Gasteiger partial charge is 0.334 e. The van der Waals surface area contributed by atoms with Gasteiger partial charge in [-0.05, 0) is 50.2 Å². The lowest BCUT2D eigenvalue weighted by atomic mass is 9.94. The van der Waals surface area contributed by atoms with E-state index in [-0.39, 0.29) is 18.7 Å². The van der Waals surface area contributed by atoms with Gasteiger partial charge in [0.15, 0.2) is 0 Å². The number of hydrogen-bond donors (Lipinski definition) is 1. The summed E-state index contributed by atoms with van der Waals surface area (Å²) >= 11 is 0. The Morgan fingerprint density at radius 3 is 2.74 bits per heavy atom. The largest absolute Gasteiger partial charge is 0.454 e. The number of ether oxygens (including phenoxy) is 1. The van der Waals surface area contributed by atoms with E-state index in [0.29, 0.717) is 12.3 Å². The monoisotopic (exact) mass is 316 g/mol. The fourth-order valence-electron chi connectivity index (χ4n) is 2.98. The van der Waals surface area contributed by atoms with E-state index in [1.54, 1.807) is 0 Å². The zero-order valence-electron chi connectivity index (χ0n) is 14.5. The molecule has 2 bridgehead atoms. The molecule has 0 spiro atoms. The van der Waals surface area contributed by atoms with Crippen molar-refractivity contribution in [2.45, 2.75) is 59.0 Å². The zero-order valence-corrected chi connectivity index (χ0v) is 14.5. The molecule has 1 aliphatic carbocycles. The number of aliphatic hydroxyl groups excluding tert-OH is 1. The van der Waals surface area contributed by atoms with Crippen LogP contribution in [0.4, 0.5) is 0 Å². The van der Waals surface area contributed by atoms with Crippen molar-refractivity contribution in [3.05, 3.63) is 46.6 Å². The van der Waals surface area contributed by atoms with E-state index in [2.05, 4.69) is 39.0 Å². The van der Waals surface area contributed by atoms with E-state index in [1.165, 1.54) is 11.1 Å². The van der Waals surface area contributed by atoms with E-state index in [4.69, 9.17) is 4.74 Å². The Morgan fingerprint density at radius 1 is 1.26 bits per heavy atom. The van der Waals surface area contributed by atoms with Crippen molar-refractivity contribution in [2.75, 3.05) is 6.61 Å². The maximum Gasteiger partial charge on any atom is 0.334 e. The van der Waals surface area contributed by atoms with Crippen molar-refractivity contribution in [1.29, 1.82) is 0 Å². The summed E-state index contributed by atoms with van der Waals surface area (Å²) in [6.45, 7) is 6.56. The maximum absolute atomic E-state index is 12.0. The Labute approximate surface area is 139 Å². The second-order valence-corrected chi connectivity index (χ2v) is 6.81. The predicted octanol–water partition coefficient (Wildman–Crippen LogP) is 4.25. The highest BCUT2D eigenvalue weighted by Gasteiger charge is 2.26. The van der Waals surface area contributed by atoms with Crippen molar-refractivity contribution < 1.29 is 14.6 Å². The third-order valence-electron chi connectivity index (χ3n) is 4.55. The van der Waals surface area contributed by atoms with Crippen LogP contribution in [0.2, 0.25) is 0 Å². The van der Waals surface area contributed by atoms with Crippen molar-refractivity contribution in [2.24, 2.45) is 5.92 Å². The summed E-state index contributed by atoms with van der Waals surface area (Å²) < 4.78 is 5.43. The number of fused-ring (bicyclic) bond motifs is 1. The predicted molar refractivity (Wildman–Crippen MR) is 92.9 cm³/mol. The molecule has 3 heteroatoms. The first kappa shape index (κ1) is 17.7. The number of carbonyl (C=O) groups excluding carboxylic acids is 1. The average molecular weight is 316 g/mol. The van der Waals surface area contributed by atoms with E-state index in [1.807, 2.05) is 6.08 Å². The van der Waals surface area contributed by atoms with Gasteiger partial charge < -0.3 is 9.84 Å². The van der Waals surface area contributed by atoms with Gasteiger partial charge in [0, 0.05) is 12.0 Å². The van der Waals surface area contributed by atoms with Gasteiger partial charge in [-0.2, -0.15) is 0 Å². The van der Waals surface area contributed by atoms with Crippen LogP contribution in [0.15, 0.2) is 46.6 Å². The van der Waals surface area contributed by atoms with Crippen molar-refractivity contribution >= 4 is 5.97 Å². The first-order valence-corrected chi connectivity index (χ1v) is 8.56. The highest BCUT2D eigenvalue weighted by molar-refractivity contribution is 5.90. The number of hydrogen-bond acceptors (Lipinski definition) is 3. The van der Waals surface area contributed by atoms with Gasteiger partial charge in [0.25, 0.3) is 0 Å². The lowest BCUT2D eigenvalue weighted by Gasteiger charge is -2.11. The standard InChI is InChI=1S/C20H28O3/c1-14(2)17-8-7-15(3)5-4-6-16(13-21)11-19-12-18(10-9-17)20(22)23-19/h6-8,12,14,19,21H,4-5,9-11,13H2,1-3H3. The van der Waals surface area contributed by atoms with E-state index in [0.717, 1.165) is 36.8 Å². The topological polar surface area (TPSA) is 46.5 Å². The Balaban J connectivity index is 2.25. The molecule has 0 radical (unpaired) electrons. The molecule has 1 unspecified atom stereocenters. The minimum atomic E-state index is -0.220. The molecule has 0 aromatic rings. The zero-order chi connectivity index (χ0) is 16.8. The van der Waals surface area contributed by atoms with Crippen molar-refractivity contribution in [1.82, 2.24) is 0 Å². The number of esters is 1. The fraction of sp³-hybridized carbons (Fsp3) is 0.550. The van der Waals surface area contributed by atoms with Crippen molar-refractivity contribution in [3.63, 3.8) is 0 Å². The van der Waals surface area contributed by atoms with Crippen LogP contribution in [0, 0.1) is 5.92 Å². The first-order valence-electron chi connectivity index (χ1n) is 8.56. The quantitative estimate of drug-likeness (QED) is 0.612. The van der Waals surface area contributed by atoms with Crippen molar-refractivity contribution in [3.8, 4) is 0 Å². The molecule has 0 saturated carbocycles. The normalized spacial score (nSPS) is 23.5. The third-order valence-corrected chi connectivity index (χ3v) is 4.55. The summed E-state index contributed by atoms with van der Waals surface area (Å²) in [7, 11) is 0. The molecule has 1 aliphatic heterocycles. The minimum Gasteiger partial charge on any atom is -0.454 e. The van der Waals surface area contributed by atoms with Gasteiger partial charge in [-0.15, -0.1) is 0 Å². The molecule has 126 valence electrons. The summed E-state index contributed by atoms with van der Waals surface area (Å²) in [5.74, 6) is 0.277. The molecule has 1 N–H and O–H groups in total. The van der Waals surface area contributed by atoms with E-state index >= 15 is 0 Å². The second kappa shape index (κ2) is 8.30. The number of allylic oxidation sites excluding steroid dienone is 5. The van der Waals surface area contributed by atoms with Crippen LogP contribution in [0.25, 0.3) is 0 Å². The Kier molecular flexibility index (Phi) is 6.40. The molecule has 0 aromatic carbocycles. The Bertz CT molecular complexity index is 561. The molecule has 2 rings (SSSR count). The van der Waals surface area contributed by atoms with Crippen LogP contribution in [0.1, 0.15) is 52.9 Å². The van der Waals surface area contributed by atoms with Crippen LogP contribution in [0.3, 0.4) is 0 Å². The van der Waals surface area contributed by atoms with Gasteiger partial charge in [-0.25, -0.2) is 4.79 Å². The van der Waals surface area contributed by atoms with Crippen LogP contribution >= 0.6 is 0 Å². The molecular weight excluding hydrogens is 288 g/mol. The Morgan fingerprint density at radius 2 is 2.04 bits per heavy atom. The third kappa shape index (κ3) is 5.21. The van der Waals surface area contributed by atoms with Gasteiger partial charge in [-0.1, -0.05) is 43.2 Å². The fourth-order valence-corrected chi connectivity index (χ4v) is 2.98. The van der Waals surface area contributed by atoms with Crippen LogP contribution < -0.4 is 0 Å². The van der Waals surface area contributed by atoms with Crippen LogP contribution in [0.5, 0.6) is 0 Å². The van der Waals surface area contributed by atoms with Gasteiger partial charge in [0.1, 0.15) is 6.10 Å². The number of rotatable bonds is 2. The summed E-state index contributed by atoms with van der Waals surface area (Å²) in [5, 5.41) is 9.50. The van der Waals surface area contributed by atoms with Gasteiger partial charge in [-0.3, -0.25) is 0 Å².